The second kappa shape index (κ2) is 10.2. The molecule has 1 unspecified atom stereocenters. The van der Waals surface area contributed by atoms with Crippen LogP contribution >= 0.6 is 36.2 Å². The maximum Gasteiger partial charge on any atom is 0.252 e. The Hall–Kier alpha value is -1.67. The average molecular weight is 444 g/mol. The largest absolute Gasteiger partial charge is 0.350 e. The van der Waals surface area contributed by atoms with Gasteiger partial charge in [-0.05, 0) is 52.9 Å². The van der Waals surface area contributed by atoms with Gasteiger partial charge in [-0.15, -0.1) is 36.2 Å². The Bertz CT molecular complexity index is 938. The van der Waals surface area contributed by atoms with Crippen LogP contribution in [0.2, 0.25) is 0 Å². The van der Waals surface area contributed by atoms with E-state index < -0.39 is 0 Å². The van der Waals surface area contributed by atoms with Crippen molar-refractivity contribution in [2.45, 2.75) is 39.8 Å². The van der Waals surface area contributed by atoms with E-state index in [2.05, 4.69) is 48.6 Å². The molecule has 3 aromatic rings. The van der Waals surface area contributed by atoms with Crippen molar-refractivity contribution in [1.29, 1.82) is 0 Å². The maximum absolute atomic E-state index is 12.8. The van der Waals surface area contributed by atoms with Crippen LogP contribution in [0.1, 0.15) is 42.0 Å². The quantitative estimate of drug-likeness (QED) is 0.597. The molecule has 3 heterocycles. The number of nitrogens with zero attached hydrogens (tertiary/aromatic N) is 3. The summed E-state index contributed by atoms with van der Waals surface area (Å²) in [5, 5.41) is 11.4. The Morgan fingerprint density at radius 2 is 1.96 bits per heavy atom. The first-order valence-electron chi connectivity index (χ1n) is 8.81. The van der Waals surface area contributed by atoms with Crippen molar-refractivity contribution in [3.05, 3.63) is 34.8 Å². The number of aromatic nitrogens is 3. The zero-order valence-corrected chi connectivity index (χ0v) is 19.1. The third kappa shape index (κ3) is 5.03. The fourth-order valence-electron chi connectivity index (χ4n) is 2.73. The Morgan fingerprint density at radius 3 is 2.54 bits per heavy atom. The minimum Gasteiger partial charge on any atom is -0.350 e. The van der Waals surface area contributed by atoms with E-state index in [0.29, 0.717) is 12.1 Å². The highest BCUT2D eigenvalue weighted by Crippen LogP contribution is 2.30. The molecule has 0 radical (unpaired) electrons. The van der Waals surface area contributed by atoms with Crippen LogP contribution in [0.15, 0.2) is 24.4 Å². The molecule has 9 heteroatoms. The van der Waals surface area contributed by atoms with Crippen LogP contribution in [-0.2, 0) is 0 Å². The lowest BCUT2D eigenvalue weighted by Gasteiger charge is -2.13. The van der Waals surface area contributed by atoms with Gasteiger partial charge in [0.2, 0.25) is 0 Å². The fourth-order valence-corrected chi connectivity index (χ4v) is 3.55. The van der Waals surface area contributed by atoms with Crippen molar-refractivity contribution in [3.63, 3.8) is 0 Å². The maximum atomic E-state index is 12.8. The minimum absolute atomic E-state index is 0. The SMILES string of the molecule is CNC(C)CNC(=O)c1cc(-c2ccc(C)s2)nc2c1cnn2C(C)C.Cl.Cl. The molecule has 0 bridgehead atoms. The van der Waals surface area contributed by atoms with Gasteiger partial charge in [0.1, 0.15) is 0 Å². The molecule has 1 amide bonds. The van der Waals surface area contributed by atoms with Crippen LogP contribution in [0, 0.1) is 6.92 Å². The molecule has 0 saturated heterocycles. The Labute approximate surface area is 181 Å². The molecule has 0 aliphatic rings. The zero-order valence-electron chi connectivity index (χ0n) is 16.6. The van der Waals surface area contributed by atoms with Gasteiger partial charge in [-0.3, -0.25) is 4.79 Å². The van der Waals surface area contributed by atoms with E-state index in [1.54, 1.807) is 17.5 Å². The lowest BCUT2D eigenvalue weighted by Crippen LogP contribution is -2.37. The van der Waals surface area contributed by atoms with Gasteiger partial charge in [0.05, 0.1) is 27.7 Å². The minimum atomic E-state index is -0.0997. The normalized spacial score (nSPS) is 11.8. The average Bonchev–Trinajstić information content (AvgIpc) is 3.24. The van der Waals surface area contributed by atoms with Crippen molar-refractivity contribution in [2.75, 3.05) is 13.6 Å². The monoisotopic (exact) mass is 443 g/mol. The molecule has 0 aromatic carbocycles. The highest BCUT2D eigenvalue weighted by Gasteiger charge is 2.19. The summed E-state index contributed by atoms with van der Waals surface area (Å²) in [4.78, 5) is 19.9. The highest BCUT2D eigenvalue weighted by molar-refractivity contribution is 7.15. The van der Waals surface area contributed by atoms with E-state index in [0.717, 1.165) is 21.6 Å². The van der Waals surface area contributed by atoms with Gasteiger partial charge in [0.25, 0.3) is 5.91 Å². The summed E-state index contributed by atoms with van der Waals surface area (Å²) in [5.41, 5.74) is 2.17. The van der Waals surface area contributed by atoms with Crippen molar-refractivity contribution >= 4 is 53.1 Å². The van der Waals surface area contributed by atoms with Crippen molar-refractivity contribution < 1.29 is 4.79 Å². The number of halogens is 2. The number of likely N-dealkylation sites (N-methyl/N-ethyl adjacent to an activating group) is 1. The van der Waals surface area contributed by atoms with Gasteiger partial charge in [-0.25, -0.2) is 9.67 Å². The predicted octanol–water partition coefficient (Wildman–Crippen LogP) is 4.23. The highest BCUT2D eigenvalue weighted by atomic mass is 35.5. The molecular weight excluding hydrogens is 417 g/mol. The number of fused-ring (bicyclic) bond motifs is 1. The number of hydrogen-bond donors (Lipinski definition) is 2. The first-order chi connectivity index (χ1) is 12.4. The molecule has 28 heavy (non-hydrogen) atoms. The third-order valence-corrected chi connectivity index (χ3v) is 5.38. The Kier molecular flexibility index (Phi) is 8.88. The summed E-state index contributed by atoms with van der Waals surface area (Å²) < 4.78 is 1.87. The molecule has 2 N–H and O–H groups in total. The Balaban J connectivity index is 0.00000196. The number of carbonyl (C=O) groups is 1. The molecule has 3 aromatic heterocycles. The molecule has 0 aliphatic carbocycles. The van der Waals surface area contributed by atoms with Crippen LogP contribution < -0.4 is 10.6 Å². The molecule has 154 valence electrons. The molecular formula is C19H27Cl2N5OS. The van der Waals surface area contributed by atoms with Gasteiger partial charge in [0.15, 0.2) is 5.65 Å². The van der Waals surface area contributed by atoms with Crippen molar-refractivity contribution in [2.24, 2.45) is 0 Å². The third-order valence-electron chi connectivity index (χ3n) is 4.35. The van der Waals surface area contributed by atoms with Crippen molar-refractivity contribution in [1.82, 2.24) is 25.4 Å². The lowest BCUT2D eigenvalue weighted by atomic mass is 10.1. The number of aryl methyl sites for hydroxylation is 1. The van der Waals surface area contributed by atoms with E-state index in [9.17, 15) is 4.79 Å². The summed E-state index contributed by atoms with van der Waals surface area (Å²) in [6.45, 7) is 8.77. The lowest BCUT2D eigenvalue weighted by molar-refractivity contribution is 0.0952. The number of hydrogen-bond acceptors (Lipinski definition) is 5. The van der Waals surface area contributed by atoms with Crippen LogP contribution in [0.5, 0.6) is 0 Å². The van der Waals surface area contributed by atoms with Gasteiger partial charge < -0.3 is 10.6 Å². The van der Waals surface area contributed by atoms with E-state index in [1.165, 1.54) is 4.88 Å². The first kappa shape index (κ1) is 24.4. The van der Waals surface area contributed by atoms with Gasteiger partial charge >= 0.3 is 0 Å². The van der Waals surface area contributed by atoms with E-state index >= 15 is 0 Å². The number of rotatable bonds is 6. The second-order valence-corrected chi connectivity index (χ2v) is 8.07. The number of nitrogens with one attached hydrogen (secondary N) is 2. The summed E-state index contributed by atoms with van der Waals surface area (Å²) in [6.07, 6.45) is 1.74. The second-order valence-electron chi connectivity index (χ2n) is 6.79. The summed E-state index contributed by atoms with van der Waals surface area (Å²) in [6, 6.07) is 6.36. The van der Waals surface area contributed by atoms with Gasteiger partial charge in [-0.2, -0.15) is 5.10 Å². The van der Waals surface area contributed by atoms with Crippen LogP contribution in [0.3, 0.4) is 0 Å². The van der Waals surface area contributed by atoms with Gasteiger partial charge in [-0.1, -0.05) is 0 Å². The van der Waals surface area contributed by atoms with E-state index in [4.69, 9.17) is 4.98 Å². The summed E-state index contributed by atoms with van der Waals surface area (Å²) in [7, 11) is 1.88. The standard InChI is InChI=1S/C19H25N5OS.2ClH/c1-11(2)24-18-15(10-22-24)14(19(25)21-9-12(3)20-5)8-16(23-18)17-7-6-13(4)26-17;;/h6-8,10-12,20H,9H2,1-5H3,(H,21,25);2*1H. The predicted molar refractivity (Wildman–Crippen MR) is 121 cm³/mol. The smallest absolute Gasteiger partial charge is 0.252 e. The number of pyridine rings is 1. The number of amides is 1. The van der Waals surface area contributed by atoms with Crippen LogP contribution in [0.4, 0.5) is 0 Å². The first-order valence-corrected chi connectivity index (χ1v) is 9.63. The van der Waals surface area contributed by atoms with Crippen LogP contribution in [0.25, 0.3) is 21.6 Å². The number of thiophene rings is 1. The molecule has 0 fully saturated rings. The van der Waals surface area contributed by atoms with Gasteiger partial charge in [0, 0.05) is 23.5 Å². The van der Waals surface area contributed by atoms with Crippen molar-refractivity contribution in [3.8, 4) is 10.6 Å². The summed E-state index contributed by atoms with van der Waals surface area (Å²) >= 11 is 1.67. The fraction of sp³-hybridized carbons (Fsp3) is 0.421. The molecule has 1 atom stereocenters. The number of carbonyl (C=O) groups excluding carboxylic acids is 1. The van der Waals surface area contributed by atoms with E-state index in [-0.39, 0.29) is 42.8 Å². The molecule has 6 nitrogen and oxygen atoms in total. The molecule has 0 spiro atoms. The summed E-state index contributed by atoms with van der Waals surface area (Å²) in [5.74, 6) is -0.0997. The topological polar surface area (TPSA) is 71.8 Å². The molecule has 0 aliphatic heterocycles. The molecule has 0 saturated carbocycles. The Morgan fingerprint density at radius 1 is 1.25 bits per heavy atom. The van der Waals surface area contributed by atoms with E-state index in [1.807, 2.05) is 24.7 Å². The molecule has 3 rings (SSSR count). The zero-order chi connectivity index (χ0) is 18.8. The van der Waals surface area contributed by atoms with Crippen LogP contribution in [-0.4, -0.2) is 40.3 Å².